The molecule has 0 aliphatic carbocycles. The molecule has 0 amide bonds. The maximum atomic E-state index is 6.25. The van der Waals surface area contributed by atoms with Crippen molar-refractivity contribution in [2.75, 3.05) is 5.43 Å². The van der Waals surface area contributed by atoms with Crippen LogP contribution in [0.3, 0.4) is 0 Å². The molecule has 0 atom stereocenters. The Bertz CT molecular complexity index is 614. The molecule has 0 radical (unpaired) electrons. The number of rotatable bonds is 5. The minimum atomic E-state index is 0.343. The normalized spacial score (nSPS) is 10.8. The van der Waals surface area contributed by atoms with Gasteiger partial charge in [-0.25, -0.2) is 10.8 Å². The van der Waals surface area contributed by atoms with E-state index in [9.17, 15) is 0 Å². The molecule has 0 aliphatic rings. The molecule has 0 aliphatic heterocycles. The van der Waals surface area contributed by atoms with Crippen LogP contribution in [0.1, 0.15) is 36.6 Å². The van der Waals surface area contributed by atoms with Gasteiger partial charge in [0.15, 0.2) is 5.82 Å². The summed E-state index contributed by atoms with van der Waals surface area (Å²) in [6.07, 6.45) is 3.19. The Labute approximate surface area is 129 Å². The van der Waals surface area contributed by atoms with E-state index >= 15 is 0 Å². The van der Waals surface area contributed by atoms with Crippen molar-refractivity contribution in [1.82, 2.24) is 9.97 Å². The van der Waals surface area contributed by atoms with Crippen LogP contribution in [-0.4, -0.2) is 9.97 Å². The standard InChI is InChI=1S/C15H19ClN4O/c1-9(2)12-5-14(10(3)4-13(12)16)21-8-11-6-19-15(20-17)7-18-11/h4-7,9H,8,17H2,1-3H3,(H,19,20). The highest BCUT2D eigenvalue weighted by atomic mass is 35.5. The van der Waals surface area contributed by atoms with Crippen LogP contribution in [0.5, 0.6) is 5.75 Å². The second-order valence-electron chi connectivity index (χ2n) is 5.12. The Morgan fingerprint density at radius 3 is 2.62 bits per heavy atom. The van der Waals surface area contributed by atoms with Gasteiger partial charge in [-0.1, -0.05) is 25.4 Å². The van der Waals surface area contributed by atoms with Gasteiger partial charge in [-0.2, -0.15) is 0 Å². The van der Waals surface area contributed by atoms with Crippen LogP contribution in [0.2, 0.25) is 5.02 Å². The molecule has 0 spiro atoms. The van der Waals surface area contributed by atoms with E-state index < -0.39 is 0 Å². The number of benzene rings is 1. The molecule has 5 nitrogen and oxygen atoms in total. The van der Waals surface area contributed by atoms with E-state index in [4.69, 9.17) is 22.2 Å². The van der Waals surface area contributed by atoms with Crippen LogP contribution in [0, 0.1) is 6.92 Å². The van der Waals surface area contributed by atoms with Crippen molar-refractivity contribution in [3.8, 4) is 5.75 Å². The van der Waals surface area contributed by atoms with Crippen molar-refractivity contribution in [3.63, 3.8) is 0 Å². The number of ether oxygens (including phenoxy) is 1. The van der Waals surface area contributed by atoms with E-state index in [-0.39, 0.29) is 0 Å². The van der Waals surface area contributed by atoms with Gasteiger partial charge in [-0.15, -0.1) is 0 Å². The van der Waals surface area contributed by atoms with Crippen LogP contribution in [0.25, 0.3) is 0 Å². The molecule has 21 heavy (non-hydrogen) atoms. The molecular formula is C15H19ClN4O. The van der Waals surface area contributed by atoms with Crippen LogP contribution >= 0.6 is 11.6 Å². The summed E-state index contributed by atoms with van der Waals surface area (Å²) in [7, 11) is 0. The molecule has 0 saturated carbocycles. The number of halogens is 1. The molecule has 112 valence electrons. The van der Waals surface area contributed by atoms with E-state index in [1.807, 2.05) is 19.1 Å². The molecular weight excluding hydrogens is 288 g/mol. The van der Waals surface area contributed by atoms with Gasteiger partial charge in [0, 0.05) is 5.02 Å². The number of nitrogens with two attached hydrogens (primary N) is 1. The third kappa shape index (κ3) is 3.83. The van der Waals surface area contributed by atoms with Gasteiger partial charge in [-0.05, 0) is 36.1 Å². The van der Waals surface area contributed by atoms with Gasteiger partial charge < -0.3 is 10.2 Å². The Kier molecular flexibility index (Phi) is 4.98. The summed E-state index contributed by atoms with van der Waals surface area (Å²) in [5.41, 5.74) is 5.24. The molecule has 2 aromatic rings. The Hall–Kier alpha value is -1.85. The van der Waals surface area contributed by atoms with Crippen molar-refractivity contribution < 1.29 is 4.74 Å². The highest BCUT2D eigenvalue weighted by molar-refractivity contribution is 6.31. The first-order chi connectivity index (χ1) is 10.0. The van der Waals surface area contributed by atoms with E-state index in [0.29, 0.717) is 18.3 Å². The fraction of sp³-hybridized carbons (Fsp3) is 0.333. The maximum Gasteiger partial charge on any atom is 0.158 e. The summed E-state index contributed by atoms with van der Waals surface area (Å²) in [4.78, 5) is 8.31. The van der Waals surface area contributed by atoms with Crippen LogP contribution in [-0.2, 0) is 6.61 Å². The topological polar surface area (TPSA) is 73.1 Å². The van der Waals surface area contributed by atoms with E-state index in [1.54, 1.807) is 12.4 Å². The Morgan fingerprint density at radius 1 is 1.29 bits per heavy atom. The van der Waals surface area contributed by atoms with Gasteiger partial charge >= 0.3 is 0 Å². The molecule has 1 heterocycles. The predicted molar refractivity (Wildman–Crippen MR) is 84.5 cm³/mol. The van der Waals surface area contributed by atoms with Gasteiger partial charge in [0.1, 0.15) is 12.4 Å². The number of nitrogens with zero attached hydrogens (tertiary/aromatic N) is 2. The number of nitrogens with one attached hydrogen (secondary N) is 1. The summed E-state index contributed by atoms with van der Waals surface area (Å²) in [5.74, 6) is 6.92. The number of nitrogen functional groups attached to an aromatic ring is 1. The fourth-order valence-electron chi connectivity index (χ4n) is 1.92. The van der Waals surface area contributed by atoms with Crippen LogP contribution < -0.4 is 16.0 Å². The largest absolute Gasteiger partial charge is 0.487 e. The predicted octanol–water partition coefficient (Wildman–Crippen LogP) is 3.43. The fourth-order valence-corrected chi connectivity index (χ4v) is 2.36. The molecule has 6 heteroatoms. The molecule has 0 unspecified atom stereocenters. The van der Waals surface area contributed by atoms with Crippen molar-refractivity contribution in [1.29, 1.82) is 0 Å². The van der Waals surface area contributed by atoms with Gasteiger partial charge in [0.05, 0.1) is 18.1 Å². The van der Waals surface area contributed by atoms with Crippen LogP contribution in [0.4, 0.5) is 5.82 Å². The highest BCUT2D eigenvalue weighted by Crippen LogP contribution is 2.31. The average molecular weight is 307 g/mol. The van der Waals surface area contributed by atoms with Gasteiger partial charge in [0.2, 0.25) is 0 Å². The lowest BCUT2D eigenvalue weighted by molar-refractivity contribution is 0.298. The first kappa shape index (κ1) is 15.5. The molecule has 0 fully saturated rings. The number of hydrogen-bond acceptors (Lipinski definition) is 5. The second-order valence-corrected chi connectivity index (χ2v) is 5.53. The second kappa shape index (κ2) is 6.74. The zero-order valence-electron chi connectivity index (χ0n) is 12.4. The molecule has 3 N–H and O–H groups in total. The monoisotopic (exact) mass is 306 g/mol. The summed E-state index contributed by atoms with van der Waals surface area (Å²) < 4.78 is 5.83. The summed E-state index contributed by atoms with van der Waals surface area (Å²) in [6, 6.07) is 3.92. The molecule has 2 rings (SSSR count). The third-order valence-electron chi connectivity index (χ3n) is 3.15. The summed E-state index contributed by atoms with van der Waals surface area (Å²) >= 11 is 6.25. The number of hydrogen-bond donors (Lipinski definition) is 2. The molecule has 1 aromatic heterocycles. The van der Waals surface area contributed by atoms with Gasteiger partial charge in [-0.3, -0.25) is 4.98 Å². The zero-order chi connectivity index (χ0) is 15.4. The maximum absolute atomic E-state index is 6.25. The summed E-state index contributed by atoms with van der Waals surface area (Å²) in [6.45, 7) is 6.52. The SMILES string of the molecule is Cc1cc(Cl)c(C(C)C)cc1OCc1cnc(NN)cn1. The van der Waals surface area contributed by atoms with Crippen molar-refractivity contribution >= 4 is 17.4 Å². The highest BCUT2D eigenvalue weighted by Gasteiger charge is 2.10. The molecule has 0 saturated heterocycles. The lowest BCUT2D eigenvalue weighted by Gasteiger charge is -2.14. The lowest BCUT2D eigenvalue weighted by atomic mass is 10.0. The van der Waals surface area contributed by atoms with E-state index in [2.05, 4.69) is 29.2 Å². The van der Waals surface area contributed by atoms with Crippen molar-refractivity contribution in [3.05, 3.63) is 46.4 Å². The Morgan fingerprint density at radius 2 is 2.05 bits per heavy atom. The van der Waals surface area contributed by atoms with Crippen molar-refractivity contribution in [2.45, 2.75) is 33.3 Å². The van der Waals surface area contributed by atoms with E-state index in [0.717, 1.165) is 27.6 Å². The number of aromatic nitrogens is 2. The summed E-state index contributed by atoms with van der Waals surface area (Å²) in [5, 5.41) is 0.771. The molecule has 1 aromatic carbocycles. The minimum Gasteiger partial charge on any atom is -0.487 e. The third-order valence-corrected chi connectivity index (χ3v) is 3.47. The molecule has 0 bridgehead atoms. The number of aryl methyl sites for hydroxylation is 1. The Balaban J connectivity index is 2.13. The smallest absolute Gasteiger partial charge is 0.158 e. The minimum absolute atomic E-state index is 0.343. The first-order valence-corrected chi connectivity index (χ1v) is 7.09. The average Bonchev–Trinajstić information content (AvgIpc) is 2.46. The van der Waals surface area contributed by atoms with Crippen LogP contribution in [0.15, 0.2) is 24.5 Å². The van der Waals surface area contributed by atoms with E-state index in [1.165, 1.54) is 0 Å². The lowest BCUT2D eigenvalue weighted by Crippen LogP contribution is -2.09. The first-order valence-electron chi connectivity index (χ1n) is 6.71. The van der Waals surface area contributed by atoms with Crippen molar-refractivity contribution in [2.24, 2.45) is 5.84 Å². The quantitative estimate of drug-likeness (QED) is 0.654. The number of anilines is 1. The number of hydrazine groups is 1. The zero-order valence-corrected chi connectivity index (χ0v) is 13.1. The van der Waals surface area contributed by atoms with Gasteiger partial charge in [0.25, 0.3) is 0 Å².